The van der Waals surface area contributed by atoms with Crippen molar-refractivity contribution in [3.05, 3.63) is 70.5 Å². The van der Waals surface area contributed by atoms with Crippen molar-refractivity contribution in [1.82, 2.24) is 10.2 Å². The maximum absolute atomic E-state index is 13.9. The molecule has 0 aliphatic carbocycles. The molecule has 6 heteroatoms. The number of likely N-dealkylation sites (N-methyl/N-ethyl adjacent to an activating group) is 1. The largest absolute Gasteiger partial charge is 0.357 e. The van der Waals surface area contributed by atoms with Crippen molar-refractivity contribution in [3.63, 3.8) is 0 Å². The van der Waals surface area contributed by atoms with Gasteiger partial charge in [0, 0.05) is 18.6 Å². The zero-order valence-corrected chi connectivity index (χ0v) is 14.9. The Hall–Kier alpha value is -2.40. The van der Waals surface area contributed by atoms with Crippen LogP contribution in [0.25, 0.3) is 0 Å². The lowest BCUT2D eigenvalue weighted by Gasteiger charge is -2.28. The van der Waals surface area contributed by atoms with Crippen molar-refractivity contribution in [2.45, 2.75) is 25.9 Å². The first-order chi connectivity index (χ1) is 11.9. The third-order valence-electron chi connectivity index (χ3n) is 4.01. The molecule has 0 bridgehead atoms. The quantitative estimate of drug-likeness (QED) is 0.858. The Labute approximate surface area is 151 Å². The molecule has 2 rings (SSSR count). The first-order valence-corrected chi connectivity index (χ1v) is 8.29. The molecule has 25 heavy (non-hydrogen) atoms. The normalized spacial score (nSPS) is 11.7. The summed E-state index contributed by atoms with van der Waals surface area (Å²) in [6.45, 7) is 1.80. The molecule has 0 radical (unpaired) electrons. The number of nitrogens with zero attached hydrogens (tertiary/aromatic N) is 1. The van der Waals surface area contributed by atoms with Gasteiger partial charge in [-0.2, -0.15) is 0 Å². The smallest absolute Gasteiger partial charge is 0.242 e. The highest BCUT2D eigenvalue weighted by Gasteiger charge is 2.26. The van der Waals surface area contributed by atoms with Crippen LogP contribution in [0.4, 0.5) is 4.39 Å². The van der Waals surface area contributed by atoms with Crippen LogP contribution < -0.4 is 5.32 Å². The Kier molecular flexibility index (Phi) is 6.53. The minimum Gasteiger partial charge on any atom is -0.357 e. The molecule has 0 spiro atoms. The van der Waals surface area contributed by atoms with E-state index in [9.17, 15) is 14.0 Å². The van der Waals surface area contributed by atoms with Gasteiger partial charge >= 0.3 is 0 Å². The molecule has 1 atom stereocenters. The number of carbonyl (C=O) groups is 2. The summed E-state index contributed by atoms with van der Waals surface area (Å²) in [6.07, 6.45) is -0.127. The number of carbonyl (C=O) groups excluding carboxylic acids is 2. The molecule has 0 saturated carbocycles. The maximum atomic E-state index is 13.9. The zero-order chi connectivity index (χ0) is 18.4. The molecule has 2 aromatic carbocycles. The highest BCUT2D eigenvalue weighted by atomic mass is 35.5. The Morgan fingerprint density at radius 3 is 2.32 bits per heavy atom. The molecule has 0 heterocycles. The Morgan fingerprint density at radius 2 is 1.72 bits per heavy atom. The number of nitrogens with one attached hydrogen (secondary N) is 1. The van der Waals surface area contributed by atoms with E-state index < -0.39 is 11.9 Å². The average molecular weight is 363 g/mol. The first kappa shape index (κ1) is 18.9. The van der Waals surface area contributed by atoms with Gasteiger partial charge in [0.1, 0.15) is 11.9 Å². The molecule has 132 valence electrons. The monoisotopic (exact) mass is 362 g/mol. The van der Waals surface area contributed by atoms with Crippen LogP contribution in [0.15, 0.2) is 48.5 Å². The van der Waals surface area contributed by atoms with Crippen LogP contribution in [0.2, 0.25) is 5.02 Å². The lowest BCUT2D eigenvalue weighted by molar-refractivity contribution is -0.139. The number of rotatable bonds is 6. The van der Waals surface area contributed by atoms with E-state index in [1.54, 1.807) is 43.3 Å². The second-order valence-corrected chi connectivity index (χ2v) is 6.08. The summed E-state index contributed by atoms with van der Waals surface area (Å²) in [5, 5.41) is 3.05. The van der Waals surface area contributed by atoms with Crippen LogP contribution in [-0.2, 0) is 22.6 Å². The summed E-state index contributed by atoms with van der Waals surface area (Å²) in [4.78, 5) is 26.2. The number of benzene rings is 2. The van der Waals surface area contributed by atoms with Crippen LogP contribution in [0.5, 0.6) is 0 Å². The van der Waals surface area contributed by atoms with E-state index in [1.807, 2.05) is 6.07 Å². The molecule has 0 saturated heterocycles. The Bertz CT molecular complexity index is 767. The van der Waals surface area contributed by atoms with Crippen LogP contribution in [-0.4, -0.2) is 29.8 Å². The molecule has 2 aromatic rings. The third-order valence-corrected chi connectivity index (χ3v) is 4.38. The van der Waals surface area contributed by atoms with E-state index in [2.05, 4.69) is 5.32 Å². The van der Waals surface area contributed by atoms with Gasteiger partial charge in [0.15, 0.2) is 0 Å². The fraction of sp³-hybridized carbons (Fsp3) is 0.263. The molecular formula is C19H20ClFN2O2. The minimum atomic E-state index is -0.708. The van der Waals surface area contributed by atoms with Gasteiger partial charge in [-0.3, -0.25) is 9.59 Å². The molecule has 4 nitrogen and oxygen atoms in total. The van der Waals surface area contributed by atoms with Gasteiger partial charge in [-0.25, -0.2) is 4.39 Å². The van der Waals surface area contributed by atoms with Crippen molar-refractivity contribution in [3.8, 4) is 0 Å². The summed E-state index contributed by atoms with van der Waals surface area (Å²) in [7, 11) is 1.51. The number of amides is 2. The van der Waals surface area contributed by atoms with Gasteiger partial charge in [0.2, 0.25) is 11.8 Å². The van der Waals surface area contributed by atoms with E-state index in [0.717, 1.165) is 5.56 Å². The maximum Gasteiger partial charge on any atom is 0.242 e. The van der Waals surface area contributed by atoms with E-state index in [-0.39, 0.29) is 24.8 Å². The SMILES string of the molecule is CNC(=O)[C@H](C)N(Cc1ccccc1Cl)C(=O)Cc1ccccc1F. The zero-order valence-electron chi connectivity index (χ0n) is 14.1. The van der Waals surface area contributed by atoms with E-state index in [0.29, 0.717) is 10.6 Å². The highest BCUT2D eigenvalue weighted by molar-refractivity contribution is 6.31. The molecule has 2 amide bonds. The Morgan fingerprint density at radius 1 is 1.12 bits per heavy atom. The lowest BCUT2D eigenvalue weighted by Crippen LogP contribution is -2.47. The molecule has 0 aliphatic heterocycles. The van der Waals surface area contributed by atoms with Crippen molar-refractivity contribution in [2.75, 3.05) is 7.05 Å². The van der Waals surface area contributed by atoms with Crippen molar-refractivity contribution >= 4 is 23.4 Å². The van der Waals surface area contributed by atoms with Crippen LogP contribution in [0, 0.1) is 5.82 Å². The third kappa shape index (κ3) is 4.79. The second kappa shape index (κ2) is 8.62. The molecular weight excluding hydrogens is 343 g/mol. The summed E-state index contributed by atoms with van der Waals surface area (Å²) < 4.78 is 13.9. The van der Waals surface area contributed by atoms with Crippen molar-refractivity contribution in [2.24, 2.45) is 0 Å². The average Bonchev–Trinajstić information content (AvgIpc) is 2.61. The van der Waals surface area contributed by atoms with E-state index in [4.69, 9.17) is 11.6 Å². The highest BCUT2D eigenvalue weighted by Crippen LogP contribution is 2.20. The molecule has 0 fully saturated rings. The standard InChI is InChI=1S/C19H20ClFN2O2/c1-13(19(25)22-2)23(12-15-8-3-5-9-16(15)20)18(24)11-14-7-4-6-10-17(14)21/h3-10,13H,11-12H2,1-2H3,(H,22,25)/t13-/m0/s1. The van der Waals surface area contributed by atoms with Crippen LogP contribution >= 0.6 is 11.6 Å². The molecule has 0 aliphatic rings. The summed E-state index contributed by atoms with van der Waals surface area (Å²) in [6, 6.07) is 12.5. The first-order valence-electron chi connectivity index (χ1n) is 7.92. The van der Waals surface area contributed by atoms with Gasteiger partial charge in [-0.1, -0.05) is 48.0 Å². The van der Waals surface area contributed by atoms with E-state index in [1.165, 1.54) is 18.0 Å². The van der Waals surface area contributed by atoms with Crippen molar-refractivity contribution in [1.29, 1.82) is 0 Å². The molecule has 0 aromatic heterocycles. The van der Waals surface area contributed by atoms with Crippen LogP contribution in [0.1, 0.15) is 18.1 Å². The van der Waals surface area contributed by atoms with Gasteiger partial charge in [0.05, 0.1) is 6.42 Å². The van der Waals surface area contributed by atoms with Gasteiger partial charge < -0.3 is 10.2 Å². The fourth-order valence-corrected chi connectivity index (χ4v) is 2.70. The van der Waals surface area contributed by atoms with Gasteiger partial charge in [-0.05, 0) is 30.2 Å². The number of halogens is 2. The minimum absolute atomic E-state index is 0.127. The lowest BCUT2D eigenvalue weighted by atomic mass is 10.1. The topological polar surface area (TPSA) is 49.4 Å². The van der Waals surface area contributed by atoms with Gasteiger partial charge in [-0.15, -0.1) is 0 Å². The second-order valence-electron chi connectivity index (χ2n) is 5.67. The summed E-state index contributed by atoms with van der Waals surface area (Å²) in [5.74, 6) is -1.09. The fourth-order valence-electron chi connectivity index (χ4n) is 2.51. The Balaban J connectivity index is 2.27. The molecule has 1 N–H and O–H groups in total. The van der Waals surface area contributed by atoms with Crippen molar-refractivity contribution < 1.29 is 14.0 Å². The summed E-state index contributed by atoms with van der Waals surface area (Å²) in [5.41, 5.74) is 1.02. The van der Waals surface area contributed by atoms with Crippen LogP contribution in [0.3, 0.4) is 0 Å². The summed E-state index contributed by atoms with van der Waals surface area (Å²) >= 11 is 6.18. The predicted octanol–water partition coefficient (Wildman–Crippen LogP) is 3.18. The number of hydrogen-bond acceptors (Lipinski definition) is 2. The van der Waals surface area contributed by atoms with E-state index >= 15 is 0 Å². The predicted molar refractivity (Wildman–Crippen MR) is 95.6 cm³/mol. The number of hydrogen-bond donors (Lipinski definition) is 1. The van der Waals surface area contributed by atoms with Gasteiger partial charge in [0.25, 0.3) is 0 Å². The molecule has 0 unspecified atom stereocenters.